The molecule has 1 unspecified atom stereocenters. The van der Waals surface area contributed by atoms with Crippen LogP contribution in [0.1, 0.15) is 23.2 Å². The van der Waals surface area contributed by atoms with Crippen molar-refractivity contribution in [1.82, 2.24) is 20.2 Å². The molecule has 0 saturated carbocycles. The molecular weight excluding hydrogens is 372 g/mol. The van der Waals surface area contributed by atoms with E-state index in [0.29, 0.717) is 11.7 Å². The number of hydrogen-bond acceptors (Lipinski definition) is 6. The SMILES string of the molecule is N#CCC1CN(c2nc(Cl)nc3c2CCN(Cc2ccccc2)CC3)CCN1. The minimum atomic E-state index is 0.170. The van der Waals surface area contributed by atoms with E-state index in [9.17, 15) is 0 Å². The van der Waals surface area contributed by atoms with Gasteiger partial charge in [-0.3, -0.25) is 4.90 Å². The Balaban J connectivity index is 1.53. The van der Waals surface area contributed by atoms with Gasteiger partial charge in [0.05, 0.1) is 18.2 Å². The molecule has 2 aliphatic rings. The number of nitriles is 1. The summed E-state index contributed by atoms with van der Waals surface area (Å²) in [6.45, 7) is 5.39. The fraction of sp³-hybridized carbons (Fsp3) is 0.476. The van der Waals surface area contributed by atoms with Crippen molar-refractivity contribution in [2.24, 2.45) is 0 Å². The molecule has 3 heterocycles. The summed E-state index contributed by atoms with van der Waals surface area (Å²) in [6, 6.07) is 13.0. The second-order valence-corrected chi connectivity index (χ2v) is 7.80. The van der Waals surface area contributed by atoms with E-state index in [-0.39, 0.29) is 6.04 Å². The van der Waals surface area contributed by atoms with Crippen molar-refractivity contribution in [3.63, 3.8) is 0 Å². The van der Waals surface area contributed by atoms with E-state index in [2.05, 4.69) is 61.5 Å². The molecule has 0 bridgehead atoms. The second kappa shape index (κ2) is 8.87. The Morgan fingerprint density at radius 1 is 1.14 bits per heavy atom. The zero-order chi connectivity index (χ0) is 19.3. The van der Waals surface area contributed by atoms with Crippen LogP contribution in [0.25, 0.3) is 0 Å². The molecule has 0 aliphatic carbocycles. The van der Waals surface area contributed by atoms with Crippen molar-refractivity contribution in [1.29, 1.82) is 5.26 Å². The molecule has 28 heavy (non-hydrogen) atoms. The highest BCUT2D eigenvalue weighted by Crippen LogP contribution is 2.27. The third-order valence-corrected chi connectivity index (χ3v) is 5.70. The number of halogens is 1. The number of piperazine rings is 1. The molecule has 2 aliphatic heterocycles. The molecule has 1 aromatic heterocycles. The summed E-state index contributed by atoms with van der Waals surface area (Å²) < 4.78 is 0. The maximum Gasteiger partial charge on any atom is 0.224 e. The van der Waals surface area contributed by atoms with Crippen molar-refractivity contribution in [2.75, 3.05) is 37.6 Å². The fourth-order valence-corrected chi connectivity index (χ4v) is 4.30. The molecule has 1 saturated heterocycles. The van der Waals surface area contributed by atoms with Gasteiger partial charge in [0, 0.05) is 57.3 Å². The monoisotopic (exact) mass is 396 g/mol. The third-order valence-electron chi connectivity index (χ3n) is 5.53. The molecule has 2 aromatic rings. The first-order valence-electron chi connectivity index (χ1n) is 9.90. The van der Waals surface area contributed by atoms with E-state index in [4.69, 9.17) is 16.9 Å². The van der Waals surface area contributed by atoms with Crippen LogP contribution in [0.5, 0.6) is 0 Å². The standard InChI is InChI=1S/C21H25ClN6/c22-21-25-19-8-12-27(14-16-4-2-1-3-5-16)11-7-18(19)20(26-21)28-13-10-24-17(15-28)6-9-23/h1-5,17,24H,6-8,10-15H2. The van der Waals surface area contributed by atoms with Crippen LogP contribution in [0.2, 0.25) is 5.28 Å². The van der Waals surface area contributed by atoms with Crippen LogP contribution in [0, 0.1) is 11.3 Å². The van der Waals surface area contributed by atoms with E-state index in [0.717, 1.165) is 63.6 Å². The van der Waals surface area contributed by atoms with E-state index in [1.54, 1.807) is 0 Å². The van der Waals surface area contributed by atoms with Gasteiger partial charge in [0.15, 0.2) is 0 Å². The van der Waals surface area contributed by atoms with Crippen LogP contribution in [0.15, 0.2) is 30.3 Å². The van der Waals surface area contributed by atoms with Gasteiger partial charge in [-0.05, 0) is 23.6 Å². The van der Waals surface area contributed by atoms with Gasteiger partial charge in [-0.2, -0.15) is 5.26 Å². The number of hydrogen-bond donors (Lipinski definition) is 1. The smallest absolute Gasteiger partial charge is 0.224 e. The van der Waals surface area contributed by atoms with Crippen LogP contribution in [0.4, 0.5) is 5.82 Å². The molecule has 0 spiro atoms. The lowest BCUT2D eigenvalue weighted by Gasteiger charge is -2.35. The van der Waals surface area contributed by atoms with Gasteiger partial charge in [-0.1, -0.05) is 30.3 Å². The average Bonchev–Trinajstić information content (AvgIpc) is 2.91. The summed E-state index contributed by atoms with van der Waals surface area (Å²) in [6.07, 6.45) is 2.30. The van der Waals surface area contributed by atoms with E-state index in [1.807, 2.05) is 0 Å². The molecule has 0 amide bonds. The van der Waals surface area contributed by atoms with Crippen LogP contribution in [0.3, 0.4) is 0 Å². The maximum absolute atomic E-state index is 9.04. The molecule has 7 heteroatoms. The minimum absolute atomic E-state index is 0.170. The van der Waals surface area contributed by atoms with Gasteiger partial charge < -0.3 is 10.2 Å². The summed E-state index contributed by atoms with van der Waals surface area (Å²) in [4.78, 5) is 13.9. The average molecular weight is 397 g/mol. The first kappa shape index (κ1) is 19.1. The topological polar surface area (TPSA) is 68.1 Å². The molecule has 1 aromatic carbocycles. The highest BCUT2D eigenvalue weighted by Gasteiger charge is 2.26. The number of nitrogens with zero attached hydrogens (tertiary/aromatic N) is 5. The van der Waals surface area contributed by atoms with Crippen molar-refractivity contribution in [2.45, 2.75) is 31.8 Å². The summed E-state index contributed by atoms with van der Waals surface area (Å²) in [5.74, 6) is 0.959. The summed E-state index contributed by atoms with van der Waals surface area (Å²) >= 11 is 6.29. The Morgan fingerprint density at radius 3 is 2.79 bits per heavy atom. The first-order chi connectivity index (χ1) is 13.7. The lowest BCUT2D eigenvalue weighted by molar-refractivity contribution is 0.279. The summed E-state index contributed by atoms with van der Waals surface area (Å²) in [5, 5.41) is 12.8. The van der Waals surface area contributed by atoms with Gasteiger partial charge in [0.2, 0.25) is 5.28 Å². The fourth-order valence-electron chi connectivity index (χ4n) is 4.12. The van der Waals surface area contributed by atoms with E-state index < -0.39 is 0 Å². The van der Waals surface area contributed by atoms with Gasteiger partial charge in [0.1, 0.15) is 5.82 Å². The van der Waals surface area contributed by atoms with Crippen LogP contribution in [-0.2, 0) is 19.4 Å². The maximum atomic E-state index is 9.04. The zero-order valence-corrected chi connectivity index (χ0v) is 16.7. The first-order valence-corrected chi connectivity index (χ1v) is 10.3. The number of aromatic nitrogens is 2. The molecule has 0 radical (unpaired) electrons. The zero-order valence-electron chi connectivity index (χ0n) is 15.9. The Hall–Kier alpha value is -2.20. The van der Waals surface area contributed by atoms with Crippen LogP contribution in [-0.4, -0.2) is 53.6 Å². The van der Waals surface area contributed by atoms with Gasteiger partial charge in [-0.15, -0.1) is 0 Å². The molecule has 146 valence electrons. The Kier molecular flexibility index (Phi) is 6.06. The van der Waals surface area contributed by atoms with E-state index in [1.165, 1.54) is 11.1 Å². The highest BCUT2D eigenvalue weighted by molar-refractivity contribution is 6.28. The van der Waals surface area contributed by atoms with Gasteiger partial charge in [-0.25, -0.2) is 9.97 Å². The number of benzene rings is 1. The third kappa shape index (κ3) is 4.44. The van der Waals surface area contributed by atoms with Crippen molar-refractivity contribution >= 4 is 17.4 Å². The van der Waals surface area contributed by atoms with Crippen molar-refractivity contribution in [3.05, 3.63) is 52.4 Å². The largest absolute Gasteiger partial charge is 0.353 e. The van der Waals surface area contributed by atoms with Gasteiger partial charge >= 0.3 is 0 Å². The second-order valence-electron chi connectivity index (χ2n) is 7.46. The van der Waals surface area contributed by atoms with Crippen molar-refractivity contribution < 1.29 is 0 Å². The van der Waals surface area contributed by atoms with Gasteiger partial charge in [0.25, 0.3) is 0 Å². The lowest BCUT2D eigenvalue weighted by atomic mass is 10.1. The van der Waals surface area contributed by atoms with Crippen molar-refractivity contribution in [3.8, 4) is 6.07 Å². The minimum Gasteiger partial charge on any atom is -0.353 e. The Labute approximate surface area is 171 Å². The summed E-state index contributed by atoms with van der Waals surface area (Å²) in [7, 11) is 0. The highest BCUT2D eigenvalue weighted by atomic mass is 35.5. The molecular formula is C21H25ClN6. The molecule has 6 nitrogen and oxygen atoms in total. The Bertz CT molecular complexity index is 850. The predicted molar refractivity (Wildman–Crippen MR) is 110 cm³/mol. The number of fused-ring (bicyclic) bond motifs is 1. The predicted octanol–water partition coefficient (Wildman–Crippen LogP) is 2.42. The number of nitrogens with one attached hydrogen (secondary N) is 1. The molecule has 4 rings (SSSR count). The van der Waals surface area contributed by atoms with Crippen LogP contribution < -0.4 is 10.2 Å². The number of anilines is 1. The van der Waals surface area contributed by atoms with E-state index >= 15 is 0 Å². The quantitative estimate of drug-likeness (QED) is 0.800. The lowest BCUT2D eigenvalue weighted by Crippen LogP contribution is -2.51. The van der Waals surface area contributed by atoms with Crippen LogP contribution >= 0.6 is 11.6 Å². The summed E-state index contributed by atoms with van der Waals surface area (Å²) in [5.41, 5.74) is 3.62. The normalized spacial score (nSPS) is 20.3. The Morgan fingerprint density at radius 2 is 1.96 bits per heavy atom. The number of rotatable bonds is 4. The molecule has 1 atom stereocenters. The molecule has 1 N–H and O–H groups in total. The molecule has 1 fully saturated rings.